The Morgan fingerprint density at radius 3 is 2.91 bits per heavy atom. The predicted molar refractivity (Wildman–Crippen MR) is 89.3 cm³/mol. The second-order valence-corrected chi connectivity index (χ2v) is 5.83. The number of furan rings is 1. The lowest BCUT2D eigenvalue weighted by atomic mass is 10.1. The van der Waals surface area contributed by atoms with E-state index in [-0.39, 0.29) is 5.91 Å². The van der Waals surface area contributed by atoms with Crippen LogP contribution in [-0.4, -0.2) is 27.8 Å². The van der Waals surface area contributed by atoms with Crippen molar-refractivity contribution in [2.75, 3.05) is 7.05 Å². The molecule has 0 spiro atoms. The lowest BCUT2D eigenvalue weighted by Crippen LogP contribution is -2.26. The minimum atomic E-state index is -0.132. The van der Waals surface area contributed by atoms with Crippen LogP contribution >= 0.6 is 0 Å². The first-order chi connectivity index (χ1) is 11.1. The Hall–Kier alpha value is -2.56. The molecule has 1 amide bonds. The van der Waals surface area contributed by atoms with Crippen molar-refractivity contribution in [2.45, 2.75) is 33.2 Å². The van der Waals surface area contributed by atoms with Crippen LogP contribution < -0.4 is 0 Å². The van der Waals surface area contributed by atoms with Crippen LogP contribution in [0, 0.1) is 6.92 Å². The number of aryl methyl sites for hydroxylation is 2. The number of hydrogen-bond acceptors (Lipinski definition) is 3. The minimum Gasteiger partial charge on any atom is -0.451 e. The molecule has 0 unspecified atom stereocenters. The number of benzene rings is 1. The molecule has 2 heterocycles. The first-order valence-corrected chi connectivity index (χ1v) is 7.86. The van der Waals surface area contributed by atoms with Gasteiger partial charge >= 0.3 is 0 Å². The van der Waals surface area contributed by atoms with Crippen LogP contribution in [0.3, 0.4) is 0 Å². The molecule has 3 rings (SSSR count). The monoisotopic (exact) mass is 311 g/mol. The van der Waals surface area contributed by atoms with Crippen molar-refractivity contribution < 1.29 is 9.21 Å². The van der Waals surface area contributed by atoms with Gasteiger partial charge in [0, 0.05) is 30.4 Å². The molecule has 0 saturated carbocycles. The smallest absolute Gasteiger partial charge is 0.290 e. The van der Waals surface area contributed by atoms with E-state index in [9.17, 15) is 4.79 Å². The van der Waals surface area contributed by atoms with Gasteiger partial charge in [0.1, 0.15) is 11.4 Å². The van der Waals surface area contributed by atoms with Gasteiger partial charge < -0.3 is 14.3 Å². The number of amides is 1. The summed E-state index contributed by atoms with van der Waals surface area (Å²) in [4.78, 5) is 21.4. The topological polar surface area (TPSA) is 62.1 Å². The lowest BCUT2D eigenvalue weighted by molar-refractivity contribution is 0.0751. The summed E-state index contributed by atoms with van der Waals surface area (Å²) in [5, 5.41) is 1.02. The molecule has 0 radical (unpaired) electrons. The third-order valence-corrected chi connectivity index (χ3v) is 4.02. The van der Waals surface area contributed by atoms with E-state index < -0.39 is 0 Å². The van der Waals surface area contributed by atoms with Gasteiger partial charge in [-0.2, -0.15) is 0 Å². The largest absolute Gasteiger partial charge is 0.451 e. The quantitative estimate of drug-likeness (QED) is 0.781. The number of carbonyl (C=O) groups excluding carboxylic acids is 1. The maximum atomic E-state index is 12.7. The van der Waals surface area contributed by atoms with Crippen molar-refractivity contribution in [2.24, 2.45) is 0 Å². The fourth-order valence-electron chi connectivity index (χ4n) is 2.77. The maximum Gasteiger partial charge on any atom is 0.290 e. The van der Waals surface area contributed by atoms with Crippen molar-refractivity contribution in [1.82, 2.24) is 14.9 Å². The van der Waals surface area contributed by atoms with Crippen LogP contribution in [0.5, 0.6) is 0 Å². The number of aromatic nitrogens is 2. The van der Waals surface area contributed by atoms with Gasteiger partial charge in [-0.15, -0.1) is 0 Å². The molecule has 0 aliphatic heterocycles. The molecule has 3 aromatic rings. The van der Waals surface area contributed by atoms with Gasteiger partial charge in [-0.1, -0.05) is 19.4 Å². The van der Waals surface area contributed by atoms with Crippen LogP contribution in [0.2, 0.25) is 0 Å². The zero-order valence-electron chi connectivity index (χ0n) is 13.7. The van der Waals surface area contributed by atoms with Crippen molar-refractivity contribution >= 4 is 16.9 Å². The number of nitrogens with zero attached hydrogens (tertiary/aromatic N) is 2. The van der Waals surface area contributed by atoms with Gasteiger partial charge in [0.15, 0.2) is 5.76 Å². The summed E-state index contributed by atoms with van der Waals surface area (Å²) in [6.45, 7) is 4.52. The van der Waals surface area contributed by atoms with E-state index in [0.29, 0.717) is 12.3 Å². The number of imidazole rings is 1. The van der Waals surface area contributed by atoms with E-state index in [1.807, 2.05) is 13.0 Å². The highest BCUT2D eigenvalue weighted by Gasteiger charge is 2.21. The average Bonchev–Trinajstić information content (AvgIpc) is 3.15. The number of fused-ring (bicyclic) bond motifs is 1. The predicted octanol–water partition coefficient (Wildman–Crippen LogP) is 3.69. The SMILES string of the molecule is CCCc1ccc2oc(C(=O)N(C)Cc3ncc[nH]3)c(C)c2c1. The molecule has 0 atom stereocenters. The van der Waals surface area contributed by atoms with Crippen LogP contribution in [0.1, 0.15) is 40.9 Å². The molecule has 1 aromatic carbocycles. The van der Waals surface area contributed by atoms with E-state index in [1.54, 1.807) is 24.3 Å². The van der Waals surface area contributed by atoms with Crippen LogP contribution in [0.4, 0.5) is 0 Å². The molecule has 23 heavy (non-hydrogen) atoms. The fraction of sp³-hybridized carbons (Fsp3) is 0.333. The number of nitrogens with one attached hydrogen (secondary N) is 1. The highest BCUT2D eigenvalue weighted by atomic mass is 16.3. The molecule has 2 aromatic heterocycles. The third-order valence-electron chi connectivity index (χ3n) is 4.02. The standard InChI is InChI=1S/C18H21N3O2/c1-4-5-13-6-7-15-14(10-13)12(2)17(23-15)18(22)21(3)11-16-19-8-9-20-16/h6-10H,4-5,11H2,1-3H3,(H,19,20). The molecule has 1 N–H and O–H groups in total. The third kappa shape index (κ3) is 2.99. The van der Waals surface area contributed by atoms with Crippen molar-refractivity contribution in [3.05, 3.63) is 53.3 Å². The Kier molecular flexibility index (Phi) is 4.19. The lowest BCUT2D eigenvalue weighted by Gasteiger charge is -2.14. The van der Waals surface area contributed by atoms with Gasteiger partial charge in [0.25, 0.3) is 5.91 Å². The molecule has 5 nitrogen and oxygen atoms in total. The van der Waals surface area contributed by atoms with Gasteiger partial charge in [-0.05, 0) is 31.0 Å². The first kappa shape index (κ1) is 15.3. The number of aromatic amines is 1. The molecule has 0 bridgehead atoms. The Morgan fingerprint density at radius 2 is 2.22 bits per heavy atom. The Labute approximate surface area is 135 Å². The maximum absolute atomic E-state index is 12.7. The Balaban J connectivity index is 1.89. The first-order valence-electron chi connectivity index (χ1n) is 7.86. The van der Waals surface area contributed by atoms with Crippen molar-refractivity contribution in [3.8, 4) is 0 Å². The van der Waals surface area contributed by atoms with Crippen LogP contribution in [-0.2, 0) is 13.0 Å². The number of hydrogen-bond donors (Lipinski definition) is 1. The highest BCUT2D eigenvalue weighted by Crippen LogP contribution is 2.27. The zero-order chi connectivity index (χ0) is 16.4. The van der Waals surface area contributed by atoms with Gasteiger partial charge in [0.05, 0.1) is 6.54 Å². The molecular formula is C18H21N3O2. The zero-order valence-corrected chi connectivity index (χ0v) is 13.7. The summed E-state index contributed by atoms with van der Waals surface area (Å²) in [7, 11) is 1.75. The molecular weight excluding hydrogens is 290 g/mol. The summed E-state index contributed by atoms with van der Waals surface area (Å²) in [5.41, 5.74) is 2.93. The Bertz CT molecular complexity index is 818. The van der Waals surface area contributed by atoms with Gasteiger partial charge in [0.2, 0.25) is 0 Å². The number of H-pyrrole nitrogens is 1. The van der Waals surface area contributed by atoms with E-state index in [1.165, 1.54) is 5.56 Å². The Morgan fingerprint density at radius 1 is 1.39 bits per heavy atom. The summed E-state index contributed by atoms with van der Waals surface area (Å²) in [6, 6.07) is 6.15. The highest BCUT2D eigenvalue weighted by molar-refractivity contribution is 5.98. The molecule has 0 aliphatic rings. The van der Waals surface area contributed by atoms with Gasteiger partial charge in [-0.3, -0.25) is 4.79 Å². The van der Waals surface area contributed by atoms with Crippen molar-refractivity contribution in [1.29, 1.82) is 0 Å². The van der Waals surface area contributed by atoms with Gasteiger partial charge in [-0.25, -0.2) is 4.98 Å². The molecule has 5 heteroatoms. The van der Waals surface area contributed by atoms with E-state index >= 15 is 0 Å². The second kappa shape index (κ2) is 6.28. The second-order valence-electron chi connectivity index (χ2n) is 5.83. The summed E-state index contributed by atoms with van der Waals surface area (Å²) >= 11 is 0. The number of rotatable bonds is 5. The van der Waals surface area contributed by atoms with Crippen LogP contribution in [0.15, 0.2) is 35.0 Å². The van der Waals surface area contributed by atoms with E-state index in [0.717, 1.165) is 35.2 Å². The summed E-state index contributed by atoms with van der Waals surface area (Å²) < 4.78 is 5.81. The molecule has 120 valence electrons. The minimum absolute atomic E-state index is 0.132. The normalized spacial score (nSPS) is 11.1. The summed E-state index contributed by atoms with van der Waals surface area (Å²) in [5.74, 6) is 1.02. The van der Waals surface area contributed by atoms with E-state index in [2.05, 4.69) is 29.0 Å². The van der Waals surface area contributed by atoms with Crippen molar-refractivity contribution in [3.63, 3.8) is 0 Å². The molecule has 0 aliphatic carbocycles. The fourth-order valence-corrected chi connectivity index (χ4v) is 2.77. The average molecular weight is 311 g/mol. The molecule has 0 fully saturated rings. The van der Waals surface area contributed by atoms with Crippen LogP contribution in [0.25, 0.3) is 11.0 Å². The van der Waals surface area contributed by atoms with E-state index in [4.69, 9.17) is 4.42 Å². The number of carbonyl (C=O) groups is 1. The summed E-state index contributed by atoms with van der Waals surface area (Å²) in [6.07, 6.45) is 5.55. The molecule has 0 saturated heterocycles.